The van der Waals surface area contributed by atoms with E-state index in [9.17, 15) is 18.0 Å². The highest BCUT2D eigenvalue weighted by Crippen LogP contribution is 2.28. The van der Waals surface area contributed by atoms with Crippen molar-refractivity contribution in [3.8, 4) is 5.75 Å². The minimum atomic E-state index is -4.43. The van der Waals surface area contributed by atoms with Crippen molar-refractivity contribution in [3.05, 3.63) is 29.3 Å². The van der Waals surface area contributed by atoms with Crippen molar-refractivity contribution in [1.29, 1.82) is 0 Å². The topological polar surface area (TPSA) is 66.0 Å². The van der Waals surface area contributed by atoms with Crippen LogP contribution in [0.2, 0.25) is 0 Å². The van der Waals surface area contributed by atoms with E-state index in [2.05, 4.69) is 15.6 Å². The maximum Gasteiger partial charge on any atom is 0.406 e. The van der Waals surface area contributed by atoms with Crippen LogP contribution in [0.15, 0.2) is 23.2 Å². The number of amides is 1. The Kier molecular flexibility index (Phi) is 11.4. The molecule has 1 aliphatic rings. The van der Waals surface area contributed by atoms with Gasteiger partial charge in [-0.25, -0.2) is 4.99 Å². The van der Waals surface area contributed by atoms with E-state index in [1.54, 1.807) is 0 Å². The molecular formula is C21H32F3IN4O2. The fraction of sp³-hybridized carbons (Fsp3) is 0.619. The SMILES string of the molecule is CCNC(=NCc1ccc(C)cc1OC1CCCC1)NCC(=O)N(C)CC(F)(F)F.I. The second-order valence-electron chi connectivity index (χ2n) is 7.55. The lowest BCUT2D eigenvalue weighted by Gasteiger charge is -2.20. The number of likely N-dealkylation sites (N-methyl/N-ethyl adjacent to an activating group) is 1. The van der Waals surface area contributed by atoms with Gasteiger partial charge in [0.1, 0.15) is 12.3 Å². The summed E-state index contributed by atoms with van der Waals surface area (Å²) in [5, 5.41) is 5.81. The van der Waals surface area contributed by atoms with Gasteiger partial charge in [-0.05, 0) is 51.2 Å². The largest absolute Gasteiger partial charge is 0.490 e. The molecule has 2 N–H and O–H groups in total. The number of nitrogens with zero attached hydrogens (tertiary/aromatic N) is 2. The molecule has 2 rings (SSSR count). The van der Waals surface area contributed by atoms with Crippen LogP contribution >= 0.6 is 24.0 Å². The Labute approximate surface area is 199 Å². The summed E-state index contributed by atoms with van der Waals surface area (Å²) in [6.07, 6.45) is 0.250. The first kappa shape index (κ1) is 27.3. The van der Waals surface area contributed by atoms with Crippen LogP contribution in [0.4, 0.5) is 13.2 Å². The number of aryl methyl sites for hydroxylation is 1. The molecule has 0 unspecified atom stereocenters. The number of carbonyl (C=O) groups is 1. The van der Waals surface area contributed by atoms with Crippen molar-refractivity contribution in [2.75, 3.05) is 26.7 Å². The summed E-state index contributed by atoms with van der Waals surface area (Å²) >= 11 is 0. The number of aliphatic imine (C=N–C) groups is 1. The van der Waals surface area contributed by atoms with E-state index in [0.717, 1.165) is 36.8 Å². The van der Waals surface area contributed by atoms with Gasteiger partial charge in [-0.15, -0.1) is 24.0 Å². The van der Waals surface area contributed by atoms with Crippen LogP contribution in [0, 0.1) is 6.92 Å². The van der Waals surface area contributed by atoms with Crippen molar-refractivity contribution in [2.45, 2.75) is 58.4 Å². The fourth-order valence-electron chi connectivity index (χ4n) is 3.25. The number of benzene rings is 1. The Balaban J connectivity index is 0.00000480. The number of ether oxygens (including phenoxy) is 1. The van der Waals surface area contributed by atoms with Gasteiger partial charge in [-0.1, -0.05) is 12.1 Å². The minimum Gasteiger partial charge on any atom is -0.490 e. The lowest BCUT2D eigenvalue weighted by Crippen LogP contribution is -2.45. The molecule has 176 valence electrons. The van der Waals surface area contributed by atoms with Crippen LogP contribution in [0.3, 0.4) is 0 Å². The first-order chi connectivity index (χ1) is 14.2. The molecule has 1 aromatic carbocycles. The smallest absolute Gasteiger partial charge is 0.406 e. The minimum absolute atomic E-state index is 0. The maximum atomic E-state index is 12.4. The van der Waals surface area contributed by atoms with Gasteiger partial charge >= 0.3 is 6.18 Å². The Morgan fingerprint density at radius 1 is 1.26 bits per heavy atom. The molecule has 0 heterocycles. The van der Waals surface area contributed by atoms with E-state index in [1.165, 1.54) is 12.8 Å². The second-order valence-corrected chi connectivity index (χ2v) is 7.55. The highest BCUT2D eigenvalue weighted by molar-refractivity contribution is 14.0. The summed E-state index contributed by atoms with van der Waals surface area (Å²) < 4.78 is 43.5. The molecule has 31 heavy (non-hydrogen) atoms. The molecule has 1 amide bonds. The van der Waals surface area contributed by atoms with E-state index in [-0.39, 0.29) is 36.6 Å². The normalized spacial score (nSPS) is 14.7. The average molecular weight is 556 g/mol. The third-order valence-electron chi connectivity index (χ3n) is 4.82. The predicted molar refractivity (Wildman–Crippen MR) is 126 cm³/mol. The quantitative estimate of drug-likeness (QED) is 0.289. The van der Waals surface area contributed by atoms with Gasteiger partial charge in [0.15, 0.2) is 5.96 Å². The molecular weight excluding hydrogens is 524 g/mol. The monoisotopic (exact) mass is 556 g/mol. The lowest BCUT2D eigenvalue weighted by molar-refractivity contribution is -0.157. The molecule has 0 aromatic heterocycles. The van der Waals surface area contributed by atoms with Crippen LogP contribution in [-0.4, -0.2) is 55.7 Å². The molecule has 0 bridgehead atoms. The number of nitrogens with one attached hydrogen (secondary N) is 2. The predicted octanol–water partition coefficient (Wildman–Crippen LogP) is 4.01. The van der Waals surface area contributed by atoms with E-state index < -0.39 is 18.6 Å². The Morgan fingerprint density at radius 2 is 1.94 bits per heavy atom. The van der Waals surface area contributed by atoms with Crippen molar-refractivity contribution < 1.29 is 22.7 Å². The van der Waals surface area contributed by atoms with Crippen molar-refractivity contribution in [1.82, 2.24) is 15.5 Å². The van der Waals surface area contributed by atoms with Crippen LogP contribution in [0.5, 0.6) is 5.75 Å². The molecule has 1 fully saturated rings. The number of hydrogen-bond acceptors (Lipinski definition) is 3. The molecule has 1 aliphatic carbocycles. The van der Waals surface area contributed by atoms with Crippen LogP contribution < -0.4 is 15.4 Å². The zero-order valence-corrected chi connectivity index (χ0v) is 20.5. The number of rotatable bonds is 8. The molecule has 0 spiro atoms. The van der Waals surface area contributed by atoms with Crippen LogP contribution in [0.25, 0.3) is 0 Å². The fourth-order valence-corrected chi connectivity index (χ4v) is 3.25. The zero-order chi connectivity index (χ0) is 22.1. The van der Waals surface area contributed by atoms with E-state index in [0.29, 0.717) is 23.9 Å². The first-order valence-electron chi connectivity index (χ1n) is 10.3. The van der Waals surface area contributed by atoms with Gasteiger partial charge in [0, 0.05) is 19.2 Å². The number of alkyl halides is 3. The van der Waals surface area contributed by atoms with Crippen molar-refractivity contribution in [3.63, 3.8) is 0 Å². The lowest BCUT2D eigenvalue weighted by atomic mass is 10.1. The van der Waals surface area contributed by atoms with Crippen molar-refractivity contribution in [2.24, 2.45) is 4.99 Å². The standard InChI is InChI=1S/C21H31F3N4O2.HI/c1-4-25-20(27-13-19(29)28(3)14-21(22,23)24)26-12-16-10-9-15(2)11-18(16)30-17-7-5-6-8-17;/h9-11,17H,4-8,12-14H2,1-3H3,(H2,25,26,27);1H. The third-order valence-corrected chi connectivity index (χ3v) is 4.82. The molecule has 1 saturated carbocycles. The zero-order valence-electron chi connectivity index (χ0n) is 18.2. The summed E-state index contributed by atoms with van der Waals surface area (Å²) in [6, 6.07) is 5.95. The maximum absolute atomic E-state index is 12.4. The summed E-state index contributed by atoms with van der Waals surface area (Å²) in [4.78, 5) is 17.1. The van der Waals surface area contributed by atoms with Crippen molar-refractivity contribution >= 4 is 35.8 Å². The second kappa shape index (κ2) is 13.0. The van der Waals surface area contributed by atoms with E-state index >= 15 is 0 Å². The van der Waals surface area contributed by atoms with Gasteiger partial charge in [-0.2, -0.15) is 13.2 Å². The molecule has 0 aliphatic heterocycles. The highest BCUT2D eigenvalue weighted by Gasteiger charge is 2.31. The number of halogens is 4. The van der Waals surface area contributed by atoms with Gasteiger partial charge in [0.25, 0.3) is 0 Å². The molecule has 0 atom stereocenters. The first-order valence-corrected chi connectivity index (χ1v) is 10.3. The molecule has 6 nitrogen and oxygen atoms in total. The summed E-state index contributed by atoms with van der Waals surface area (Å²) in [7, 11) is 1.13. The highest BCUT2D eigenvalue weighted by atomic mass is 127. The van der Waals surface area contributed by atoms with E-state index in [4.69, 9.17) is 4.74 Å². The van der Waals surface area contributed by atoms with Gasteiger partial charge in [-0.3, -0.25) is 4.79 Å². The van der Waals surface area contributed by atoms with Crippen LogP contribution in [0.1, 0.15) is 43.7 Å². The Bertz CT molecular complexity index is 738. The van der Waals surface area contributed by atoms with Gasteiger partial charge in [0.05, 0.1) is 19.2 Å². The molecule has 0 saturated heterocycles. The van der Waals surface area contributed by atoms with Gasteiger partial charge in [0.2, 0.25) is 5.91 Å². The summed E-state index contributed by atoms with van der Waals surface area (Å²) in [5.41, 5.74) is 2.02. The summed E-state index contributed by atoms with van der Waals surface area (Å²) in [6.45, 7) is 3.19. The summed E-state index contributed by atoms with van der Waals surface area (Å²) in [5.74, 6) is 0.500. The molecule has 1 aromatic rings. The molecule has 10 heteroatoms. The number of hydrogen-bond donors (Lipinski definition) is 2. The molecule has 0 radical (unpaired) electrons. The Hall–Kier alpha value is -1.72. The number of carbonyl (C=O) groups excluding carboxylic acids is 1. The third kappa shape index (κ3) is 9.96. The number of guanidine groups is 1. The van der Waals surface area contributed by atoms with Crippen LogP contribution in [-0.2, 0) is 11.3 Å². The van der Waals surface area contributed by atoms with Gasteiger partial charge < -0.3 is 20.3 Å². The Morgan fingerprint density at radius 3 is 2.55 bits per heavy atom. The average Bonchev–Trinajstić information content (AvgIpc) is 3.16. The van der Waals surface area contributed by atoms with E-state index in [1.807, 2.05) is 32.0 Å².